The summed E-state index contributed by atoms with van der Waals surface area (Å²) in [5.74, 6) is 0.415. The van der Waals surface area contributed by atoms with Crippen molar-refractivity contribution in [2.24, 2.45) is 17.5 Å². The van der Waals surface area contributed by atoms with Crippen LogP contribution in [0.4, 0.5) is 10.1 Å². The predicted molar refractivity (Wildman–Crippen MR) is 176 cm³/mol. The van der Waals surface area contributed by atoms with E-state index in [0.29, 0.717) is 45.1 Å². The van der Waals surface area contributed by atoms with Crippen LogP contribution in [0, 0.1) is 11.4 Å². The summed E-state index contributed by atoms with van der Waals surface area (Å²) < 4.78 is 15.1. The lowest BCUT2D eigenvalue weighted by molar-refractivity contribution is -0.132. The molecular formula is C36H35FN8O2. The summed E-state index contributed by atoms with van der Waals surface area (Å²) in [6.07, 6.45) is 7.66. The zero-order valence-corrected chi connectivity index (χ0v) is 26.3. The first-order valence-corrected chi connectivity index (χ1v) is 16.1. The number of likely N-dealkylation sites (tertiary alicyclic amines) is 1. The number of rotatable bonds is 6. The Morgan fingerprint density at radius 2 is 1.77 bits per heavy atom. The Balaban J connectivity index is 0.883. The fourth-order valence-electron chi connectivity index (χ4n) is 7.40. The van der Waals surface area contributed by atoms with E-state index in [4.69, 9.17) is 0 Å². The summed E-state index contributed by atoms with van der Waals surface area (Å²) in [4.78, 5) is 46.0. The van der Waals surface area contributed by atoms with E-state index in [9.17, 15) is 14.0 Å². The number of carbonyl (C=O) groups excluding carboxylic acids is 2. The van der Waals surface area contributed by atoms with Crippen LogP contribution in [-0.2, 0) is 23.2 Å². The SMILES string of the molecule is Cn1cnc(-c2ccc(C3=CCN(C(=O)CN4CC[C@]5(CCN(c6ccc7c(c6)C(c6ccc(F)nc6)=NC7)C5=O)C4)CC3)cc2)n1. The van der Waals surface area contributed by atoms with Crippen LogP contribution in [0.25, 0.3) is 17.0 Å². The Kier molecular flexibility index (Phi) is 7.28. The number of nitrogens with zero attached hydrogens (tertiary/aromatic N) is 8. The second-order valence-electron chi connectivity index (χ2n) is 13.0. The van der Waals surface area contributed by atoms with Gasteiger partial charge in [0.05, 0.1) is 24.2 Å². The lowest BCUT2D eigenvalue weighted by Crippen LogP contribution is -2.43. The van der Waals surface area contributed by atoms with Crippen LogP contribution in [0.15, 0.2) is 78.2 Å². The van der Waals surface area contributed by atoms with Crippen molar-refractivity contribution in [3.05, 3.63) is 101 Å². The molecule has 0 saturated carbocycles. The van der Waals surface area contributed by atoms with Gasteiger partial charge in [0.25, 0.3) is 0 Å². The number of aliphatic imine (C=N–C) groups is 1. The molecule has 2 saturated heterocycles. The van der Waals surface area contributed by atoms with Crippen molar-refractivity contribution in [3.63, 3.8) is 0 Å². The molecule has 10 nitrogen and oxygen atoms in total. The van der Waals surface area contributed by atoms with Crippen LogP contribution < -0.4 is 4.90 Å². The molecule has 6 heterocycles. The third kappa shape index (κ3) is 5.44. The number of halogens is 1. The molecule has 0 N–H and O–H groups in total. The van der Waals surface area contributed by atoms with E-state index in [2.05, 4.69) is 43.2 Å². The average molecular weight is 631 g/mol. The molecule has 8 rings (SSSR count). The van der Waals surface area contributed by atoms with Gasteiger partial charge >= 0.3 is 0 Å². The summed E-state index contributed by atoms with van der Waals surface area (Å²) in [5.41, 5.74) is 7.33. The number of fused-ring (bicyclic) bond motifs is 1. The zero-order chi connectivity index (χ0) is 32.1. The third-order valence-corrected chi connectivity index (χ3v) is 10.0. The summed E-state index contributed by atoms with van der Waals surface area (Å²) >= 11 is 0. The number of aryl methyl sites for hydroxylation is 1. The van der Waals surface area contributed by atoms with Gasteiger partial charge in [-0.25, -0.2) is 9.97 Å². The maximum atomic E-state index is 13.9. The lowest BCUT2D eigenvalue weighted by Gasteiger charge is -2.29. The van der Waals surface area contributed by atoms with E-state index in [1.165, 1.54) is 17.8 Å². The number of hydrogen-bond acceptors (Lipinski definition) is 7. The Labute approximate surface area is 272 Å². The van der Waals surface area contributed by atoms with E-state index in [1.54, 1.807) is 17.1 Å². The molecule has 2 aromatic carbocycles. The minimum absolute atomic E-state index is 0.108. The van der Waals surface area contributed by atoms with E-state index in [1.807, 2.05) is 47.2 Å². The van der Waals surface area contributed by atoms with Crippen molar-refractivity contribution in [2.45, 2.75) is 25.8 Å². The van der Waals surface area contributed by atoms with E-state index < -0.39 is 11.4 Å². The molecule has 1 spiro atoms. The molecule has 0 aliphatic carbocycles. The molecule has 2 aromatic heterocycles. The highest BCUT2D eigenvalue weighted by atomic mass is 19.1. The number of hydrogen-bond donors (Lipinski definition) is 0. The van der Waals surface area contributed by atoms with Crippen LogP contribution >= 0.6 is 0 Å². The molecule has 1 atom stereocenters. The molecule has 4 aromatic rings. The molecule has 2 amide bonds. The third-order valence-electron chi connectivity index (χ3n) is 10.0. The van der Waals surface area contributed by atoms with E-state index in [0.717, 1.165) is 65.0 Å². The number of aromatic nitrogens is 4. The van der Waals surface area contributed by atoms with Gasteiger partial charge in [0.1, 0.15) is 6.33 Å². The molecule has 11 heteroatoms. The standard InChI is InChI=1S/C36H35FN8O2/c1-42-23-40-34(41-42)26-4-2-24(3-5-26)25-10-14-44(15-11-25)32(46)21-43-16-12-36(22-43)13-17-45(35(36)47)29-8-6-27-19-39-33(30(27)18-29)28-7-9-31(37)38-20-28/h2-10,18,20,23H,11-17,19,21-22H2,1H3/t36-/m0/s1. The topological polar surface area (TPSA) is 99.8 Å². The molecule has 4 aliphatic rings. The number of carbonyl (C=O) groups is 2. The van der Waals surface area contributed by atoms with Gasteiger partial charge in [-0.3, -0.25) is 24.2 Å². The van der Waals surface area contributed by atoms with Gasteiger partial charge in [0.15, 0.2) is 5.82 Å². The van der Waals surface area contributed by atoms with Crippen LogP contribution in [0.5, 0.6) is 0 Å². The van der Waals surface area contributed by atoms with E-state index >= 15 is 0 Å². The Morgan fingerprint density at radius 3 is 2.51 bits per heavy atom. The quantitative estimate of drug-likeness (QED) is 0.298. The summed E-state index contributed by atoms with van der Waals surface area (Å²) in [7, 11) is 1.85. The molecule has 238 valence electrons. The van der Waals surface area contributed by atoms with Crippen molar-refractivity contribution < 1.29 is 14.0 Å². The first-order valence-electron chi connectivity index (χ1n) is 16.1. The first-order chi connectivity index (χ1) is 22.8. The smallest absolute Gasteiger partial charge is 0.237 e. The van der Waals surface area contributed by atoms with Gasteiger partial charge in [-0.15, -0.1) is 0 Å². The number of pyridine rings is 1. The van der Waals surface area contributed by atoms with Gasteiger partial charge in [-0.2, -0.15) is 9.49 Å². The maximum Gasteiger partial charge on any atom is 0.237 e. The minimum Gasteiger partial charge on any atom is -0.338 e. The molecule has 2 fully saturated rings. The lowest BCUT2D eigenvalue weighted by atomic mass is 9.85. The molecule has 0 radical (unpaired) electrons. The Bertz CT molecular complexity index is 1930. The largest absolute Gasteiger partial charge is 0.338 e. The van der Waals surface area contributed by atoms with Crippen LogP contribution in [0.1, 0.15) is 41.5 Å². The van der Waals surface area contributed by atoms with Crippen molar-refractivity contribution in [1.29, 1.82) is 0 Å². The Hall–Kier alpha value is -5.03. The fourth-order valence-corrected chi connectivity index (χ4v) is 7.40. The molecule has 4 aliphatic heterocycles. The number of benzene rings is 2. The molecule has 0 unspecified atom stereocenters. The van der Waals surface area contributed by atoms with Gasteiger partial charge in [-0.1, -0.05) is 36.4 Å². The van der Waals surface area contributed by atoms with Gasteiger partial charge in [-0.05, 0) is 66.8 Å². The summed E-state index contributed by atoms with van der Waals surface area (Å²) in [5, 5.41) is 4.37. The van der Waals surface area contributed by atoms with Gasteiger partial charge in [0.2, 0.25) is 17.8 Å². The monoisotopic (exact) mass is 630 g/mol. The van der Waals surface area contributed by atoms with Gasteiger partial charge in [0, 0.05) is 61.8 Å². The highest BCUT2D eigenvalue weighted by molar-refractivity contribution is 6.15. The highest BCUT2D eigenvalue weighted by Crippen LogP contribution is 2.43. The van der Waals surface area contributed by atoms with Gasteiger partial charge < -0.3 is 9.80 Å². The van der Waals surface area contributed by atoms with Crippen LogP contribution in [0.3, 0.4) is 0 Å². The summed E-state index contributed by atoms with van der Waals surface area (Å²) in [6.45, 7) is 4.11. The normalized spacial score (nSPS) is 21.0. The van der Waals surface area contributed by atoms with Crippen molar-refractivity contribution in [3.8, 4) is 11.4 Å². The molecule has 47 heavy (non-hydrogen) atoms. The first kappa shape index (κ1) is 29.4. The van der Waals surface area contributed by atoms with Crippen molar-refractivity contribution in [1.82, 2.24) is 29.5 Å². The van der Waals surface area contributed by atoms with Crippen molar-refractivity contribution in [2.75, 3.05) is 44.2 Å². The molecule has 0 bridgehead atoms. The van der Waals surface area contributed by atoms with Crippen molar-refractivity contribution >= 4 is 28.8 Å². The number of anilines is 1. The Morgan fingerprint density at radius 1 is 0.957 bits per heavy atom. The number of amides is 2. The predicted octanol–water partition coefficient (Wildman–Crippen LogP) is 4.11. The second-order valence-corrected chi connectivity index (χ2v) is 13.0. The fraction of sp³-hybridized carbons (Fsp3) is 0.333. The zero-order valence-electron chi connectivity index (χ0n) is 26.3. The maximum absolute atomic E-state index is 13.9. The minimum atomic E-state index is -0.527. The highest BCUT2D eigenvalue weighted by Gasteiger charge is 2.51. The summed E-state index contributed by atoms with van der Waals surface area (Å²) in [6, 6.07) is 17.4. The van der Waals surface area contributed by atoms with Crippen LogP contribution in [-0.4, -0.2) is 86.3 Å². The second kappa shape index (κ2) is 11.6. The van der Waals surface area contributed by atoms with E-state index in [-0.39, 0.29) is 11.8 Å². The molecular weight excluding hydrogens is 595 g/mol. The van der Waals surface area contributed by atoms with Crippen LogP contribution in [0.2, 0.25) is 0 Å². The average Bonchev–Trinajstić information content (AvgIpc) is 3.89.